The number of aliphatic hydroxyl groups is 1. The number of benzene rings is 3. The number of aromatic nitrogens is 1. The standard InChI is InChI=1S/C32H32N2O5/c1-32(2,3)23-16-19(14-15-26(23)39-5)29(35)27-28(22-17-33-24-12-8-7-11-21(22)24)34(31(37)30(27)36)18-20-10-6-9-13-25(20)38-4/h6-17,28,33,35H,18H2,1-5H3/b29-27+. The second-order valence-electron chi connectivity index (χ2n) is 10.7. The van der Waals surface area contributed by atoms with Crippen molar-refractivity contribution in [1.29, 1.82) is 0 Å². The number of hydrogen-bond acceptors (Lipinski definition) is 5. The molecule has 3 aromatic carbocycles. The summed E-state index contributed by atoms with van der Waals surface area (Å²) in [6.07, 6.45) is 1.80. The third-order valence-electron chi connectivity index (χ3n) is 7.27. The lowest BCUT2D eigenvalue weighted by atomic mass is 9.84. The molecule has 7 nitrogen and oxygen atoms in total. The molecule has 1 unspecified atom stereocenters. The Hall–Kier alpha value is -4.52. The van der Waals surface area contributed by atoms with Crippen molar-refractivity contribution in [3.8, 4) is 11.5 Å². The first-order valence-corrected chi connectivity index (χ1v) is 12.8. The first-order chi connectivity index (χ1) is 18.7. The summed E-state index contributed by atoms with van der Waals surface area (Å²) in [5, 5.41) is 12.6. The van der Waals surface area contributed by atoms with Crippen LogP contribution in [-0.4, -0.2) is 40.9 Å². The van der Waals surface area contributed by atoms with Crippen LogP contribution in [0.4, 0.5) is 0 Å². The molecule has 0 bridgehead atoms. The summed E-state index contributed by atoms with van der Waals surface area (Å²) in [5.74, 6) is -0.335. The number of aliphatic hydroxyl groups excluding tert-OH is 1. The van der Waals surface area contributed by atoms with E-state index in [0.717, 1.165) is 27.6 Å². The van der Waals surface area contributed by atoms with Gasteiger partial charge < -0.3 is 24.5 Å². The Balaban J connectivity index is 1.72. The number of Topliss-reactive ketones (excluding diaryl/α,β-unsaturated/α-hetero) is 1. The quantitative estimate of drug-likeness (QED) is 0.181. The number of methoxy groups -OCH3 is 2. The van der Waals surface area contributed by atoms with E-state index in [9.17, 15) is 14.7 Å². The summed E-state index contributed by atoms with van der Waals surface area (Å²) < 4.78 is 11.1. The molecular weight excluding hydrogens is 492 g/mol. The number of likely N-dealkylation sites (tertiary alicyclic amines) is 1. The summed E-state index contributed by atoms with van der Waals surface area (Å²) in [7, 11) is 3.17. The van der Waals surface area contributed by atoms with Gasteiger partial charge in [-0.05, 0) is 35.7 Å². The number of nitrogens with zero attached hydrogens (tertiary/aromatic N) is 1. The predicted octanol–water partition coefficient (Wildman–Crippen LogP) is 6.10. The number of aromatic amines is 1. The van der Waals surface area contributed by atoms with Gasteiger partial charge in [0.2, 0.25) is 0 Å². The minimum Gasteiger partial charge on any atom is -0.507 e. The van der Waals surface area contributed by atoms with E-state index in [0.29, 0.717) is 17.1 Å². The lowest BCUT2D eigenvalue weighted by Crippen LogP contribution is -2.29. The maximum atomic E-state index is 13.6. The van der Waals surface area contributed by atoms with Crippen molar-refractivity contribution in [1.82, 2.24) is 9.88 Å². The summed E-state index contributed by atoms with van der Waals surface area (Å²) in [6, 6.07) is 19.6. The van der Waals surface area contributed by atoms with Crippen LogP contribution < -0.4 is 9.47 Å². The Morgan fingerprint density at radius 3 is 2.36 bits per heavy atom. The zero-order chi connectivity index (χ0) is 27.9. The van der Waals surface area contributed by atoms with E-state index in [-0.39, 0.29) is 23.3 Å². The van der Waals surface area contributed by atoms with Gasteiger partial charge in [0.05, 0.1) is 32.4 Å². The SMILES string of the molecule is COc1ccccc1CN1C(=O)C(=O)/C(=C(/O)c2ccc(OC)c(C(C)(C)C)c2)C1c1c[nH]c2ccccc12. The van der Waals surface area contributed by atoms with E-state index < -0.39 is 17.7 Å². The van der Waals surface area contributed by atoms with E-state index in [1.54, 1.807) is 32.5 Å². The van der Waals surface area contributed by atoms with E-state index in [2.05, 4.69) is 4.98 Å². The van der Waals surface area contributed by atoms with Gasteiger partial charge in [-0.15, -0.1) is 0 Å². The van der Waals surface area contributed by atoms with Crippen molar-refractivity contribution in [2.24, 2.45) is 0 Å². The maximum Gasteiger partial charge on any atom is 0.295 e. The molecule has 4 aromatic rings. The summed E-state index contributed by atoms with van der Waals surface area (Å²) in [5.41, 5.74) is 3.44. The highest BCUT2D eigenvalue weighted by Gasteiger charge is 2.47. The number of rotatable bonds is 6. The Labute approximate surface area is 227 Å². The van der Waals surface area contributed by atoms with Crippen LogP contribution in [0, 0.1) is 0 Å². The molecule has 1 aliphatic heterocycles. The molecule has 39 heavy (non-hydrogen) atoms. The fourth-order valence-electron chi connectivity index (χ4n) is 5.30. The third kappa shape index (κ3) is 4.54. The molecule has 200 valence electrons. The summed E-state index contributed by atoms with van der Waals surface area (Å²) in [4.78, 5) is 32.0. The molecule has 0 saturated carbocycles. The predicted molar refractivity (Wildman–Crippen MR) is 151 cm³/mol. The monoisotopic (exact) mass is 524 g/mol. The molecule has 7 heteroatoms. The number of carbonyl (C=O) groups is 2. The van der Waals surface area contributed by atoms with Crippen molar-refractivity contribution < 1.29 is 24.2 Å². The van der Waals surface area contributed by atoms with E-state index in [4.69, 9.17) is 9.47 Å². The van der Waals surface area contributed by atoms with Crippen LogP contribution in [-0.2, 0) is 21.5 Å². The van der Waals surface area contributed by atoms with Crippen LogP contribution in [0.5, 0.6) is 11.5 Å². The number of amides is 1. The summed E-state index contributed by atoms with van der Waals surface area (Å²) >= 11 is 0. The minimum atomic E-state index is -0.814. The minimum absolute atomic E-state index is 0.0460. The van der Waals surface area contributed by atoms with Gasteiger partial charge in [0.1, 0.15) is 17.3 Å². The summed E-state index contributed by atoms with van der Waals surface area (Å²) in [6.45, 7) is 6.28. The number of H-pyrrole nitrogens is 1. The highest BCUT2D eigenvalue weighted by Crippen LogP contribution is 2.44. The Bertz CT molecular complexity index is 1610. The fourth-order valence-corrected chi connectivity index (χ4v) is 5.30. The topological polar surface area (TPSA) is 91.9 Å². The molecule has 2 N–H and O–H groups in total. The second-order valence-corrected chi connectivity index (χ2v) is 10.7. The number of fused-ring (bicyclic) bond motifs is 1. The van der Waals surface area contributed by atoms with Crippen LogP contribution in [0.25, 0.3) is 16.7 Å². The molecular formula is C32H32N2O5. The smallest absolute Gasteiger partial charge is 0.295 e. The molecule has 0 aliphatic carbocycles. The van der Waals surface area contributed by atoms with Crippen molar-refractivity contribution in [2.75, 3.05) is 14.2 Å². The maximum absolute atomic E-state index is 13.6. The average molecular weight is 525 g/mol. The molecule has 1 aromatic heterocycles. The van der Waals surface area contributed by atoms with Crippen LogP contribution in [0.2, 0.25) is 0 Å². The molecule has 0 spiro atoms. The molecule has 1 aliphatic rings. The lowest BCUT2D eigenvalue weighted by Gasteiger charge is -2.26. The number of nitrogens with one attached hydrogen (secondary N) is 1. The Morgan fingerprint density at radius 2 is 1.64 bits per heavy atom. The number of carbonyl (C=O) groups excluding carboxylic acids is 2. The van der Waals surface area contributed by atoms with Gasteiger partial charge in [0.15, 0.2) is 0 Å². The van der Waals surface area contributed by atoms with Gasteiger partial charge in [-0.2, -0.15) is 0 Å². The molecule has 1 fully saturated rings. The molecule has 5 rings (SSSR count). The van der Waals surface area contributed by atoms with E-state index in [1.165, 1.54) is 4.90 Å². The van der Waals surface area contributed by atoms with Gasteiger partial charge in [-0.1, -0.05) is 57.2 Å². The zero-order valence-corrected chi connectivity index (χ0v) is 22.7. The highest BCUT2D eigenvalue weighted by atomic mass is 16.5. The molecule has 1 atom stereocenters. The van der Waals surface area contributed by atoms with Crippen molar-refractivity contribution in [2.45, 2.75) is 38.8 Å². The third-order valence-corrected chi connectivity index (χ3v) is 7.27. The molecule has 0 radical (unpaired) electrons. The van der Waals surface area contributed by atoms with Crippen molar-refractivity contribution >= 4 is 28.4 Å². The molecule has 2 heterocycles. The average Bonchev–Trinajstić information content (AvgIpc) is 3.46. The van der Waals surface area contributed by atoms with Crippen LogP contribution in [0.15, 0.2) is 78.5 Å². The first kappa shape index (κ1) is 26.1. The van der Waals surface area contributed by atoms with Crippen LogP contribution in [0.3, 0.4) is 0 Å². The zero-order valence-electron chi connectivity index (χ0n) is 22.7. The first-order valence-electron chi connectivity index (χ1n) is 12.8. The molecule has 1 saturated heterocycles. The highest BCUT2D eigenvalue weighted by molar-refractivity contribution is 6.46. The van der Waals surface area contributed by atoms with Gasteiger partial charge in [0, 0.05) is 39.4 Å². The van der Waals surface area contributed by atoms with Gasteiger partial charge in [-0.25, -0.2) is 0 Å². The van der Waals surface area contributed by atoms with Gasteiger partial charge in [0.25, 0.3) is 11.7 Å². The number of ether oxygens (including phenoxy) is 2. The van der Waals surface area contributed by atoms with Crippen LogP contribution >= 0.6 is 0 Å². The lowest BCUT2D eigenvalue weighted by molar-refractivity contribution is -0.140. The van der Waals surface area contributed by atoms with Crippen LogP contribution in [0.1, 0.15) is 49.1 Å². The van der Waals surface area contributed by atoms with Crippen molar-refractivity contribution in [3.05, 3.63) is 101 Å². The second kappa shape index (κ2) is 9.98. The largest absolute Gasteiger partial charge is 0.507 e. The van der Waals surface area contributed by atoms with E-state index >= 15 is 0 Å². The van der Waals surface area contributed by atoms with Gasteiger partial charge >= 0.3 is 0 Å². The number of hydrogen-bond donors (Lipinski definition) is 2. The van der Waals surface area contributed by atoms with Crippen molar-refractivity contribution in [3.63, 3.8) is 0 Å². The Kier molecular flexibility index (Phi) is 6.68. The van der Waals surface area contributed by atoms with Gasteiger partial charge in [-0.3, -0.25) is 9.59 Å². The number of para-hydroxylation sites is 2. The normalized spacial score (nSPS) is 17.2. The fraction of sp³-hybridized carbons (Fsp3) is 0.250. The molecule has 1 amide bonds. The Morgan fingerprint density at radius 1 is 0.949 bits per heavy atom. The van der Waals surface area contributed by atoms with E-state index in [1.807, 2.05) is 75.4 Å². The number of ketones is 1.